The third-order valence-electron chi connectivity index (χ3n) is 6.53. The van der Waals surface area contributed by atoms with Gasteiger partial charge in [-0.2, -0.15) is 0 Å². The van der Waals surface area contributed by atoms with Crippen molar-refractivity contribution in [2.24, 2.45) is 0 Å². The SMILES string of the molecule is CC1=CC=CC1c1ccc(Cl)cc1CCC(=O)CCc1cc(Cl)ccc1C1C=CC=C1C. The normalized spacial score (nSPS) is 19.4. The van der Waals surface area contributed by atoms with E-state index in [1.807, 2.05) is 24.3 Å². The Hall–Kier alpha value is -2.35. The summed E-state index contributed by atoms with van der Waals surface area (Å²) in [5, 5.41) is 1.44. The van der Waals surface area contributed by atoms with Crippen molar-refractivity contribution in [2.75, 3.05) is 0 Å². The highest BCUT2D eigenvalue weighted by molar-refractivity contribution is 6.31. The van der Waals surface area contributed by atoms with Crippen molar-refractivity contribution in [3.63, 3.8) is 0 Å². The zero-order valence-electron chi connectivity index (χ0n) is 18.6. The van der Waals surface area contributed by atoms with E-state index >= 15 is 0 Å². The molecule has 32 heavy (non-hydrogen) atoms. The minimum Gasteiger partial charge on any atom is -0.300 e. The molecular formula is C29H28Cl2O. The Morgan fingerprint density at radius 3 is 1.56 bits per heavy atom. The lowest BCUT2D eigenvalue weighted by atomic mass is 9.87. The molecule has 0 aromatic heterocycles. The average molecular weight is 463 g/mol. The smallest absolute Gasteiger partial charge is 0.133 e. The van der Waals surface area contributed by atoms with Crippen LogP contribution < -0.4 is 0 Å². The summed E-state index contributed by atoms with van der Waals surface area (Å²) in [7, 11) is 0. The van der Waals surface area contributed by atoms with E-state index in [1.54, 1.807) is 0 Å². The summed E-state index contributed by atoms with van der Waals surface area (Å²) >= 11 is 12.6. The number of allylic oxidation sites excluding steroid dienone is 8. The Labute approximate surface area is 201 Å². The van der Waals surface area contributed by atoms with Crippen LogP contribution in [0.2, 0.25) is 10.0 Å². The Bertz CT molecular complexity index is 1060. The number of ketones is 1. The highest BCUT2D eigenvalue weighted by Gasteiger charge is 2.19. The number of carbonyl (C=O) groups is 1. The second-order valence-corrected chi connectivity index (χ2v) is 9.64. The monoisotopic (exact) mass is 462 g/mol. The van der Waals surface area contributed by atoms with Gasteiger partial charge in [0.05, 0.1) is 0 Å². The van der Waals surface area contributed by atoms with Gasteiger partial charge in [0.15, 0.2) is 0 Å². The molecule has 0 aliphatic heterocycles. The average Bonchev–Trinajstić information content (AvgIpc) is 3.39. The molecular weight excluding hydrogens is 435 g/mol. The third-order valence-corrected chi connectivity index (χ3v) is 7.00. The maximum atomic E-state index is 12.8. The van der Waals surface area contributed by atoms with Crippen molar-refractivity contribution >= 4 is 29.0 Å². The van der Waals surface area contributed by atoms with Gasteiger partial charge in [0, 0.05) is 34.7 Å². The Balaban J connectivity index is 1.42. The molecule has 0 amide bonds. The Morgan fingerprint density at radius 1 is 0.750 bits per heavy atom. The lowest BCUT2D eigenvalue weighted by Gasteiger charge is -2.17. The molecule has 0 heterocycles. The molecule has 3 heteroatoms. The van der Waals surface area contributed by atoms with E-state index < -0.39 is 0 Å². The van der Waals surface area contributed by atoms with Gasteiger partial charge in [-0.25, -0.2) is 0 Å². The zero-order valence-corrected chi connectivity index (χ0v) is 20.1. The highest BCUT2D eigenvalue weighted by atomic mass is 35.5. The molecule has 2 aliphatic rings. The minimum absolute atomic E-state index is 0.269. The van der Waals surface area contributed by atoms with Gasteiger partial charge in [-0.3, -0.25) is 4.79 Å². The summed E-state index contributed by atoms with van der Waals surface area (Å²) in [6.45, 7) is 4.29. The molecule has 1 nitrogen and oxygen atoms in total. The number of benzene rings is 2. The standard InChI is InChI=1S/C29H28Cl2O/c1-19-5-3-7-26(19)28-15-11-23(30)17-21(28)9-13-25(32)14-10-22-18-24(31)12-16-29(22)27-8-4-6-20(27)2/h3-8,11-12,15-18,26-27H,9-10,13-14H2,1-2H3. The molecule has 0 saturated carbocycles. The summed E-state index contributed by atoms with van der Waals surface area (Å²) < 4.78 is 0. The van der Waals surface area contributed by atoms with Crippen LogP contribution in [0.5, 0.6) is 0 Å². The first-order chi connectivity index (χ1) is 15.4. The van der Waals surface area contributed by atoms with E-state index in [1.165, 1.54) is 22.3 Å². The van der Waals surface area contributed by atoms with Crippen molar-refractivity contribution < 1.29 is 4.79 Å². The van der Waals surface area contributed by atoms with Crippen molar-refractivity contribution in [2.45, 2.75) is 51.4 Å². The molecule has 2 atom stereocenters. The first kappa shape index (κ1) is 22.8. The fourth-order valence-corrected chi connectivity index (χ4v) is 5.10. The van der Waals surface area contributed by atoms with Gasteiger partial charge in [-0.1, -0.05) is 82.9 Å². The maximum absolute atomic E-state index is 12.8. The van der Waals surface area contributed by atoms with Crippen molar-refractivity contribution in [3.05, 3.63) is 116 Å². The van der Waals surface area contributed by atoms with Gasteiger partial charge < -0.3 is 0 Å². The van der Waals surface area contributed by atoms with Gasteiger partial charge in [0.1, 0.15) is 5.78 Å². The van der Waals surface area contributed by atoms with Gasteiger partial charge >= 0.3 is 0 Å². The van der Waals surface area contributed by atoms with Crippen LogP contribution in [0.1, 0.15) is 60.8 Å². The maximum Gasteiger partial charge on any atom is 0.133 e. The number of hydrogen-bond donors (Lipinski definition) is 0. The molecule has 0 spiro atoms. The summed E-state index contributed by atoms with van der Waals surface area (Å²) in [6.07, 6.45) is 15.4. The molecule has 2 aromatic rings. The van der Waals surface area contributed by atoms with Crippen LogP contribution in [0.3, 0.4) is 0 Å². The first-order valence-electron chi connectivity index (χ1n) is 11.2. The Morgan fingerprint density at radius 2 is 1.19 bits per heavy atom. The second-order valence-electron chi connectivity index (χ2n) is 8.77. The fraction of sp³-hybridized carbons (Fsp3) is 0.276. The van der Waals surface area contributed by atoms with Crippen LogP contribution >= 0.6 is 23.2 Å². The fourth-order valence-electron chi connectivity index (χ4n) is 4.71. The van der Waals surface area contributed by atoms with E-state index in [-0.39, 0.29) is 17.6 Å². The second kappa shape index (κ2) is 10.1. The third kappa shape index (κ3) is 5.17. The van der Waals surface area contributed by atoms with Crippen molar-refractivity contribution in [1.29, 1.82) is 0 Å². The molecule has 2 aromatic carbocycles. The van der Waals surface area contributed by atoms with E-state index in [9.17, 15) is 4.79 Å². The lowest BCUT2D eigenvalue weighted by Crippen LogP contribution is -2.07. The van der Waals surface area contributed by atoms with Gasteiger partial charge in [-0.05, 0) is 73.2 Å². The van der Waals surface area contributed by atoms with Gasteiger partial charge in [0.25, 0.3) is 0 Å². The number of rotatable bonds is 8. The van der Waals surface area contributed by atoms with Gasteiger partial charge in [0.2, 0.25) is 0 Å². The van der Waals surface area contributed by atoms with Gasteiger partial charge in [-0.15, -0.1) is 0 Å². The molecule has 0 radical (unpaired) electrons. The van der Waals surface area contributed by atoms with Crippen LogP contribution in [-0.2, 0) is 17.6 Å². The first-order valence-corrected chi connectivity index (χ1v) is 12.0. The number of Topliss-reactive ketones (excluding diaryl/α,β-unsaturated/α-hetero) is 1. The molecule has 0 bridgehead atoms. The molecule has 2 aliphatic carbocycles. The van der Waals surface area contributed by atoms with Crippen molar-refractivity contribution in [3.8, 4) is 0 Å². The van der Waals surface area contributed by atoms with E-state index in [4.69, 9.17) is 23.2 Å². The van der Waals surface area contributed by atoms with E-state index in [0.29, 0.717) is 25.7 Å². The predicted octanol–water partition coefficient (Wildman–Crippen LogP) is 8.33. The molecule has 4 rings (SSSR count). The zero-order chi connectivity index (χ0) is 22.7. The molecule has 0 N–H and O–H groups in total. The lowest BCUT2D eigenvalue weighted by molar-refractivity contribution is -0.119. The number of hydrogen-bond acceptors (Lipinski definition) is 1. The molecule has 164 valence electrons. The quantitative estimate of drug-likeness (QED) is 0.385. The summed E-state index contributed by atoms with van der Waals surface area (Å²) in [6, 6.07) is 12.1. The van der Waals surface area contributed by atoms with E-state index in [0.717, 1.165) is 21.2 Å². The minimum atomic E-state index is 0.269. The number of halogens is 2. The van der Waals surface area contributed by atoms with Crippen LogP contribution in [-0.4, -0.2) is 5.78 Å². The predicted molar refractivity (Wildman–Crippen MR) is 136 cm³/mol. The summed E-state index contributed by atoms with van der Waals surface area (Å²) in [4.78, 5) is 12.8. The summed E-state index contributed by atoms with van der Waals surface area (Å²) in [5.41, 5.74) is 7.46. The summed E-state index contributed by atoms with van der Waals surface area (Å²) in [5.74, 6) is 0.828. The molecule has 0 fully saturated rings. The number of carbonyl (C=O) groups excluding carboxylic acids is 1. The molecule has 0 saturated heterocycles. The number of aryl methyl sites for hydroxylation is 2. The largest absolute Gasteiger partial charge is 0.300 e. The molecule has 2 unspecified atom stereocenters. The topological polar surface area (TPSA) is 17.1 Å². The van der Waals surface area contributed by atoms with E-state index in [2.05, 4.69) is 62.4 Å². The Kier molecular flexibility index (Phi) is 7.18. The highest BCUT2D eigenvalue weighted by Crippen LogP contribution is 2.35. The van der Waals surface area contributed by atoms with Crippen LogP contribution in [0.4, 0.5) is 0 Å². The van der Waals surface area contributed by atoms with Crippen molar-refractivity contribution in [1.82, 2.24) is 0 Å². The van der Waals surface area contributed by atoms with Crippen LogP contribution in [0.25, 0.3) is 0 Å². The van der Waals surface area contributed by atoms with Crippen LogP contribution in [0.15, 0.2) is 84.0 Å². The van der Waals surface area contributed by atoms with Crippen LogP contribution in [0, 0.1) is 0 Å².